The van der Waals surface area contributed by atoms with Gasteiger partial charge in [-0.3, -0.25) is 10.1 Å². The summed E-state index contributed by atoms with van der Waals surface area (Å²) >= 11 is 5.79. The second kappa shape index (κ2) is 6.45. The minimum atomic E-state index is -0.483. The van der Waals surface area contributed by atoms with Gasteiger partial charge in [0.2, 0.25) is 0 Å². The highest BCUT2D eigenvalue weighted by Gasteiger charge is 2.12. The summed E-state index contributed by atoms with van der Waals surface area (Å²) in [6, 6.07) is 10.5. The topological polar surface area (TPSA) is 64.4 Å². The van der Waals surface area contributed by atoms with E-state index >= 15 is 0 Å². The summed E-state index contributed by atoms with van der Waals surface area (Å²) in [6.45, 7) is 2.43. The van der Waals surface area contributed by atoms with Gasteiger partial charge in [0.05, 0.1) is 12.0 Å². The maximum Gasteiger partial charge on any atom is 0.288 e. The number of rotatable bonds is 5. The Labute approximate surface area is 127 Å². The fraction of sp³-hybridized carbons (Fsp3) is 0.200. The molecule has 2 aromatic rings. The van der Waals surface area contributed by atoms with E-state index in [-0.39, 0.29) is 10.7 Å². The molecule has 0 aromatic heterocycles. The number of nitrogens with zero attached hydrogens (tertiary/aromatic N) is 1. The molecule has 0 atom stereocenters. The van der Waals surface area contributed by atoms with E-state index in [1.165, 1.54) is 12.1 Å². The molecule has 0 aliphatic rings. The van der Waals surface area contributed by atoms with Gasteiger partial charge >= 0.3 is 0 Å². The lowest BCUT2D eigenvalue weighted by Gasteiger charge is -2.10. The third-order valence-corrected chi connectivity index (χ3v) is 3.42. The SMILES string of the molecule is COc1ccc(NCc2ccc(Cl)c([N+](=O)[O-])c2)cc1C. The molecular formula is C15H15ClN2O3. The van der Waals surface area contributed by atoms with Crippen LogP contribution in [0.4, 0.5) is 11.4 Å². The zero-order chi connectivity index (χ0) is 15.4. The highest BCUT2D eigenvalue weighted by Crippen LogP contribution is 2.26. The van der Waals surface area contributed by atoms with E-state index in [2.05, 4.69) is 5.32 Å². The van der Waals surface area contributed by atoms with E-state index in [9.17, 15) is 10.1 Å². The predicted octanol–water partition coefficient (Wildman–Crippen LogP) is 4.18. The molecule has 21 heavy (non-hydrogen) atoms. The van der Waals surface area contributed by atoms with Gasteiger partial charge in [-0.2, -0.15) is 0 Å². The quantitative estimate of drug-likeness (QED) is 0.665. The van der Waals surface area contributed by atoms with Crippen LogP contribution in [0.15, 0.2) is 36.4 Å². The fourth-order valence-corrected chi connectivity index (χ4v) is 2.19. The van der Waals surface area contributed by atoms with E-state index < -0.39 is 4.92 Å². The summed E-state index contributed by atoms with van der Waals surface area (Å²) in [5.74, 6) is 0.822. The highest BCUT2D eigenvalue weighted by atomic mass is 35.5. The summed E-state index contributed by atoms with van der Waals surface area (Å²) in [5, 5.41) is 14.2. The van der Waals surface area contributed by atoms with Crippen LogP contribution in [0.3, 0.4) is 0 Å². The van der Waals surface area contributed by atoms with Crippen LogP contribution < -0.4 is 10.1 Å². The van der Waals surface area contributed by atoms with Crippen LogP contribution in [0.1, 0.15) is 11.1 Å². The van der Waals surface area contributed by atoms with Crippen molar-refractivity contribution in [3.05, 3.63) is 62.7 Å². The number of hydrogen-bond donors (Lipinski definition) is 1. The molecular weight excluding hydrogens is 292 g/mol. The summed E-state index contributed by atoms with van der Waals surface area (Å²) < 4.78 is 5.20. The van der Waals surface area contributed by atoms with Crippen molar-refractivity contribution < 1.29 is 9.66 Å². The molecule has 6 heteroatoms. The average Bonchev–Trinajstić information content (AvgIpc) is 2.46. The minimum absolute atomic E-state index is 0.0816. The number of nitrogens with one attached hydrogen (secondary N) is 1. The number of nitro benzene ring substituents is 1. The second-order valence-corrected chi connectivity index (χ2v) is 4.99. The Hall–Kier alpha value is -2.27. The van der Waals surface area contributed by atoms with Gasteiger partial charge in [-0.15, -0.1) is 0 Å². The Bertz CT molecular complexity index is 674. The minimum Gasteiger partial charge on any atom is -0.496 e. The van der Waals surface area contributed by atoms with Gasteiger partial charge in [-0.25, -0.2) is 0 Å². The Morgan fingerprint density at radius 1 is 1.29 bits per heavy atom. The molecule has 2 rings (SSSR count). The molecule has 0 unspecified atom stereocenters. The zero-order valence-electron chi connectivity index (χ0n) is 11.7. The number of aryl methyl sites for hydroxylation is 1. The van der Waals surface area contributed by atoms with Gasteiger partial charge < -0.3 is 10.1 Å². The molecule has 0 radical (unpaired) electrons. The molecule has 0 amide bonds. The smallest absolute Gasteiger partial charge is 0.288 e. The first kappa shape index (κ1) is 15.1. The number of anilines is 1. The standard InChI is InChI=1S/C15H15ClN2O3/c1-10-7-12(4-6-15(10)21-2)17-9-11-3-5-13(16)14(8-11)18(19)20/h3-8,17H,9H2,1-2H3. The van der Waals surface area contributed by atoms with Gasteiger partial charge in [0.15, 0.2) is 0 Å². The van der Waals surface area contributed by atoms with E-state index in [0.717, 1.165) is 22.6 Å². The normalized spacial score (nSPS) is 10.2. The number of nitro groups is 1. The molecule has 0 bridgehead atoms. The Morgan fingerprint density at radius 3 is 2.67 bits per heavy atom. The molecule has 5 nitrogen and oxygen atoms in total. The van der Waals surface area contributed by atoms with E-state index in [1.54, 1.807) is 13.2 Å². The zero-order valence-corrected chi connectivity index (χ0v) is 12.5. The molecule has 0 saturated carbocycles. The summed E-state index contributed by atoms with van der Waals surface area (Å²) in [7, 11) is 1.63. The largest absolute Gasteiger partial charge is 0.496 e. The van der Waals surface area contributed by atoms with Gasteiger partial charge in [0.1, 0.15) is 10.8 Å². The highest BCUT2D eigenvalue weighted by molar-refractivity contribution is 6.32. The maximum atomic E-state index is 10.9. The van der Waals surface area contributed by atoms with Crippen LogP contribution in [0.25, 0.3) is 0 Å². The lowest BCUT2D eigenvalue weighted by atomic mass is 10.1. The number of hydrogen-bond acceptors (Lipinski definition) is 4. The first-order chi connectivity index (χ1) is 10.0. The second-order valence-electron chi connectivity index (χ2n) is 4.58. The molecule has 2 aromatic carbocycles. The number of methoxy groups -OCH3 is 1. The lowest BCUT2D eigenvalue weighted by molar-refractivity contribution is -0.384. The number of halogens is 1. The predicted molar refractivity (Wildman–Crippen MR) is 83.2 cm³/mol. The molecule has 0 aliphatic heterocycles. The summed E-state index contributed by atoms with van der Waals surface area (Å²) in [6.07, 6.45) is 0. The monoisotopic (exact) mass is 306 g/mol. The number of ether oxygens (including phenoxy) is 1. The van der Waals surface area contributed by atoms with Crippen molar-refractivity contribution in [2.24, 2.45) is 0 Å². The summed E-state index contributed by atoms with van der Waals surface area (Å²) in [5.41, 5.74) is 2.65. The first-order valence-corrected chi connectivity index (χ1v) is 6.70. The Morgan fingerprint density at radius 2 is 2.05 bits per heavy atom. The molecule has 1 N–H and O–H groups in total. The van der Waals surface area contributed by atoms with Crippen LogP contribution in [-0.2, 0) is 6.54 Å². The fourth-order valence-electron chi connectivity index (χ4n) is 2.00. The summed E-state index contributed by atoms with van der Waals surface area (Å²) in [4.78, 5) is 10.4. The van der Waals surface area contributed by atoms with Gasteiger partial charge in [0, 0.05) is 18.3 Å². The van der Waals surface area contributed by atoms with Crippen molar-refractivity contribution in [1.29, 1.82) is 0 Å². The van der Waals surface area contributed by atoms with Crippen LogP contribution in [0.5, 0.6) is 5.75 Å². The van der Waals surface area contributed by atoms with Gasteiger partial charge in [-0.1, -0.05) is 17.7 Å². The van der Waals surface area contributed by atoms with E-state index in [1.807, 2.05) is 25.1 Å². The molecule has 0 aliphatic carbocycles. The van der Waals surface area contributed by atoms with Crippen LogP contribution >= 0.6 is 11.6 Å². The average molecular weight is 307 g/mol. The lowest BCUT2D eigenvalue weighted by Crippen LogP contribution is -2.01. The number of benzene rings is 2. The van der Waals surface area contributed by atoms with Crippen molar-refractivity contribution in [2.75, 3.05) is 12.4 Å². The van der Waals surface area contributed by atoms with Crippen LogP contribution in [-0.4, -0.2) is 12.0 Å². The van der Waals surface area contributed by atoms with Crippen molar-refractivity contribution in [3.63, 3.8) is 0 Å². The van der Waals surface area contributed by atoms with E-state index in [0.29, 0.717) is 6.54 Å². The van der Waals surface area contributed by atoms with Crippen molar-refractivity contribution in [3.8, 4) is 5.75 Å². The van der Waals surface area contributed by atoms with Crippen molar-refractivity contribution in [2.45, 2.75) is 13.5 Å². The first-order valence-electron chi connectivity index (χ1n) is 6.32. The molecule has 0 heterocycles. The Balaban J connectivity index is 2.11. The van der Waals surface area contributed by atoms with Crippen molar-refractivity contribution >= 4 is 23.0 Å². The maximum absolute atomic E-state index is 10.9. The van der Waals surface area contributed by atoms with Crippen LogP contribution in [0, 0.1) is 17.0 Å². The Kier molecular flexibility index (Phi) is 4.65. The molecule has 0 saturated heterocycles. The van der Waals surface area contributed by atoms with E-state index in [4.69, 9.17) is 16.3 Å². The molecule has 0 spiro atoms. The third-order valence-electron chi connectivity index (χ3n) is 3.10. The molecule has 0 fully saturated rings. The van der Waals surface area contributed by atoms with Crippen molar-refractivity contribution in [1.82, 2.24) is 0 Å². The van der Waals surface area contributed by atoms with Gasteiger partial charge in [-0.05, 0) is 42.3 Å². The van der Waals surface area contributed by atoms with Crippen LogP contribution in [0.2, 0.25) is 5.02 Å². The van der Waals surface area contributed by atoms with Gasteiger partial charge in [0.25, 0.3) is 5.69 Å². The third kappa shape index (κ3) is 3.64. The molecule has 110 valence electrons.